The van der Waals surface area contributed by atoms with Crippen LogP contribution in [0.5, 0.6) is 5.75 Å². The van der Waals surface area contributed by atoms with Crippen molar-refractivity contribution in [2.45, 2.75) is 31.9 Å². The first kappa shape index (κ1) is 19.9. The molecule has 7 heteroatoms. The number of carbonyl (C=O) groups excluding carboxylic acids is 2. The van der Waals surface area contributed by atoms with Crippen molar-refractivity contribution in [3.05, 3.63) is 29.8 Å². The second-order valence-electron chi connectivity index (χ2n) is 6.17. The lowest BCUT2D eigenvalue weighted by molar-refractivity contribution is -0.171. The number of esters is 2. The maximum Gasteiger partial charge on any atom is 0.343 e. The van der Waals surface area contributed by atoms with E-state index < -0.39 is 23.1 Å². The molecule has 0 aliphatic rings. The van der Waals surface area contributed by atoms with Crippen LogP contribution in [0.1, 0.15) is 26.3 Å². The zero-order valence-corrected chi connectivity index (χ0v) is 14.8. The third-order valence-corrected chi connectivity index (χ3v) is 3.09. The molecule has 0 fully saturated rings. The summed E-state index contributed by atoms with van der Waals surface area (Å²) in [6.07, 6.45) is 0. The lowest BCUT2D eigenvalue weighted by Gasteiger charge is -2.29. The summed E-state index contributed by atoms with van der Waals surface area (Å²) in [5.74, 6) is -1.22. The minimum absolute atomic E-state index is 0.252. The summed E-state index contributed by atoms with van der Waals surface area (Å²) in [6.45, 7) is 5.90. The number of hydrogen-bond acceptors (Lipinski definition) is 7. The summed E-state index contributed by atoms with van der Waals surface area (Å²) in [5, 5.41) is 0. The predicted octanol–water partition coefficient (Wildman–Crippen LogP) is 1.38. The van der Waals surface area contributed by atoms with Crippen LogP contribution in [-0.4, -0.2) is 45.0 Å². The van der Waals surface area contributed by atoms with Crippen molar-refractivity contribution >= 4 is 11.9 Å². The molecule has 0 heterocycles. The second-order valence-corrected chi connectivity index (χ2v) is 6.17. The fourth-order valence-electron chi connectivity index (χ4n) is 1.90. The molecule has 2 N–H and O–H groups in total. The fourth-order valence-corrected chi connectivity index (χ4v) is 1.90. The molecular formula is C17H25NO6. The van der Waals surface area contributed by atoms with Crippen molar-refractivity contribution in [2.24, 2.45) is 5.73 Å². The molecule has 0 saturated heterocycles. The molecule has 0 saturated carbocycles. The maximum absolute atomic E-state index is 12.5. The van der Waals surface area contributed by atoms with Crippen molar-refractivity contribution < 1.29 is 28.5 Å². The lowest BCUT2D eigenvalue weighted by atomic mass is 9.90. The topological polar surface area (TPSA) is 97.1 Å². The first-order valence-corrected chi connectivity index (χ1v) is 7.48. The first-order chi connectivity index (χ1) is 11.1. The zero-order valence-electron chi connectivity index (χ0n) is 14.8. The molecule has 0 spiro atoms. The normalized spacial score (nSPS) is 13.8. The Morgan fingerprint density at radius 2 is 1.58 bits per heavy atom. The monoisotopic (exact) mass is 339 g/mol. The molecule has 0 aliphatic carbocycles. The SMILES string of the molecule is COCCOc1ccc(C(N)(C(=O)OC)C(=O)OC(C)(C)C)cc1. The molecule has 1 atom stereocenters. The number of benzene rings is 1. The molecule has 134 valence electrons. The highest BCUT2D eigenvalue weighted by molar-refractivity contribution is 6.05. The van der Waals surface area contributed by atoms with E-state index in [1.807, 2.05) is 0 Å². The van der Waals surface area contributed by atoms with Gasteiger partial charge in [0.1, 0.15) is 18.0 Å². The molecule has 0 bridgehead atoms. The molecule has 1 rings (SSSR count). The van der Waals surface area contributed by atoms with Crippen molar-refractivity contribution in [1.82, 2.24) is 0 Å². The van der Waals surface area contributed by atoms with Crippen LogP contribution in [0.3, 0.4) is 0 Å². The van der Waals surface area contributed by atoms with Crippen LogP contribution in [0.25, 0.3) is 0 Å². The minimum Gasteiger partial charge on any atom is -0.491 e. The molecule has 24 heavy (non-hydrogen) atoms. The molecule has 7 nitrogen and oxygen atoms in total. The van der Waals surface area contributed by atoms with Gasteiger partial charge in [-0.25, -0.2) is 9.59 Å². The summed E-state index contributed by atoms with van der Waals surface area (Å²) in [7, 11) is 2.74. The molecule has 0 aromatic heterocycles. The van der Waals surface area contributed by atoms with E-state index in [9.17, 15) is 9.59 Å². The number of methoxy groups -OCH3 is 2. The van der Waals surface area contributed by atoms with Gasteiger partial charge in [-0.3, -0.25) is 0 Å². The van der Waals surface area contributed by atoms with E-state index in [2.05, 4.69) is 0 Å². The quantitative estimate of drug-likeness (QED) is 0.455. The molecule has 0 aliphatic heterocycles. The molecule has 0 radical (unpaired) electrons. The van der Waals surface area contributed by atoms with Gasteiger partial charge in [-0.2, -0.15) is 0 Å². The van der Waals surface area contributed by atoms with Crippen LogP contribution in [0.2, 0.25) is 0 Å². The van der Waals surface area contributed by atoms with Gasteiger partial charge in [0, 0.05) is 7.11 Å². The van der Waals surface area contributed by atoms with E-state index in [-0.39, 0.29) is 5.56 Å². The summed E-state index contributed by atoms with van der Waals surface area (Å²) in [6, 6.07) is 6.28. The Bertz CT molecular complexity index is 563. The Labute approximate surface area is 142 Å². The summed E-state index contributed by atoms with van der Waals surface area (Å²) >= 11 is 0. The number of nitrogens with two attached hydrogens (primary N) is 1. The Hall–Kier alpha value is -2.12. The third kappa shape index (κ3) is 4.94. The van der Waals surface area contributed by atoms with E-state index in [1.165, 1.54) is 12.1 Å². The van der Waals surface area contributed by atoms with E-state index in [0.29, 0.717) is 19.0 Å². The lowest BCUT2D eigenvalue weighted by Crippen LogP contribution is -2.54. The van der Waals surface area contributed by atoms with Gasteiger partial charge >= 0.3 is 11.9 Å². The Kier molecular flexibility index (Phi) is 6.74. The van der Waals surface area contributed by atoms with Crippen LogP contribution < -0.4 is 10.5 Å². The highest BCUT2D eigenvalue weighted by atomic mass is 16.6. The molecule has 0 amide bonds. The standard InChI is InChI=1S/C17H25NO6/c1-16(2,3)24-15(20)17(18,14(19)22-5)12-6-8-13(9-7-12)23-11-10-21-4/h6-9H,10-11,18H2,1-5H3. The van der Waals surface area contributed by atoms with Gasteiger partial charge in [0.2, 0.25) is 5.54 Å². The van der Waals surface area contributed by atoms with Crippen molar-refractivity contribution in [2.75, 3.05) is 27.4 Å². The molecule has 1 unspecified atom stereocenters. The number of carbonyl (C=O) groups is 2. The Balaban J connectivity index is 3.08. The predicted molar refractivity (Wildman–Crippen MR) is 87.5 cm³/mol. The van der Waals surface area contributed by atoms with Crippen LogP contribution >= 0.6 is 0 Å². The van der Waals surface area contributed by atoms with Crippen molar-refractivity contribution in [3.63, 3.8) is 0 Å². The number of rotatable bonds is 7. The number of ether oxygens (including phenoxy) is 4. The third-order valence-electron chi connectivity index (χ3n) is 3.09. The Morgan fingerprint density at radius 1 is 1.00 bits per heavy atom. The van der Waals surface area contributed by atoms with E-state index in [1.54, 1.807) is 40.0 Å². The first-order valence-electron chi connectivity index (χ1n) is 7.48. The fraction of sp³-hybridized carbons (Fsp3) is 0.529. The molecule has 1 aromatic carbocycles. The van der Waals surface area contributed by atoms with Gasteiger partial charge in [-0.15, -0.1) is 0 Å². The van der Waals surface area contributed by atoms with Crippen LogP contribution in [0.15, 0.2) is 24.3 Å². The largest absolute Gasteiger partial charge is 0.491 e. The van der Waals surface area contributed by atoms with Gasteiger partial charge < -0.3 is 24.7 Å². The van der Waals surface area contributed by atoms with Gasteiger partial charge in [-0.05, 0) is 38.5 Å². The van der Waals surface area contributed by atoms with Crippen LogP contribution in [0.4, 0.5) is 0 Å². The second kappa shape index (κ2) is 8.12. The summed E-state index contributed by atoms with van der Waals surface area (Å²) in [5.41, 5.74) is 3.50. The van der Waals surface area contributed by atoms with E-state index in [0.717, 1.165) is 7.11 Å². The van der Waals surface area contributed by atoms with Gasteiger partial charge in [0.05, 0.1) is 13.7 Å². The minimum atomic E-state index is -2.05. The summed E-state index contributed by atoms with van der Waals surface area (Å²) in [4.78, 5) is 24.6. The average Bonchev–Trinajstić information content (AvgIpc) is 2.52. The van der Waals surface area contributed by atoms with Crippen LogP contribution in [-0.2, 0) is 29.3 Å². The maximum atomic E-state index is 12.5. The molecular weight excluding hydrogens is 314 g/mol. The van der Waals surface area contributed by atoms with Crippen LogP contribution in [0, 0.1) is 0 Å². The summed E-state index contributed by atoms with van der Waals surface area (Å²) < 4.78 is 20.3. The van der Waals surface area contributed by atoms with Gasteiger partial charge in [-0.1, -0.05) is 12.1 Å². The number of hydrogen-bond donors (Lipinski definition) is 1. The van der Waals surface area contributed by atoms with Gasteiger partial charge in [0.25, 0.3) is 0 Å². The average molecular weight is 339 g/mol. The van der Waals surface area contributed by atoms with Gasteiger partial charge in [0.15, 0.2) is 0 Å². The smallest absolute Gasteiger partial charge is 0.343 e. The van der Waals surface area contributed by atoms with E-state index in [4.69, 9.17) is 24.7 Å². The Morgan fingerprint density at radius 3 is 2.04 bits per heavy atom. The molecule has 1 aromatic rings. The van der Waals surface area contributed by atoms with Crippen molar-refractivity contribution in [3.8, 4) is 5.75 Å². The van der Waals surface area contributed by atoms with Crippen molar-refractivity contribution in [1.29, 1.82) is 0 Å². The van der Waals surface area contributed by atoms with E-state index >= 15 is 0 Å². The highest BCUT2D eigenvalue weighted by Gasteiger charge is 2.48. The zero-order chi connectivity index (χ0) is 18.4. The highest BCUT2D eigenvalue weighted by Crippen LogP contribution is 2.26.